The number of carbonyl (C=O) groups is 3. The number of ketones is 1. The number of esters is 1. The van der Waals surface area contributed by atoms with Crippen molar-refractivity contribution in [2.75, 3.05) is 6.79 Å². The van der Waals surface area contributed by atoms with E-state index in [1.54, 1.807) is 18.2 Å². The van der Waals surface area contributed by atoms with Crippen molar-refractivity contribution in [1.29, 1.82) is 0 Å². The molecule has 0 radical (unpaired) electrons. The predicted molar refractivity (Wildman–Crippen MR) is 124 cm³/mol. The van der Waals surface area contributed by atoms with Crippen LogP contribution in [-0.2, 0) is 15.7 Å². The molecule has 3 aromatic carbocycles. The van der Waals surface area contributed by atoms with E-state index in [-0.39, 0.29) is 29.9 Å². The standard InChI is InChI=1S/C27H17F4NO7/c28-16-7-8-18(19(13-16)27(29,30)31)25(34)39-24-20(33)10-11-32(26(35)38-17-4-2-1-3-5-17)23(24)15-6-9-21-22(12-15)37-14-36-21/h1-13,23-24H,14H2/t23-,24+/m1/s1. The quantitative estimate of drug-likeness (QED) is 0.320. The predicted octanol–water partition coefficient (Wildman–Crippen LogP) is 5.44. The highest BCUT2D eigenvalue weighted by Crippen LogP contribution is 2.40. The summed E-state index contributed by atoms with van der Waals surface area (Å²) < 4.78 is 75.5. The second-order valence-electron chi connectivity index (χ2n) is 8.38. The third kappa shape index (κ3) is 5.26. The minimum atomic E-state index is -5.09. The molecule has 0 saturated heterocycles. The van der Waals surface area contributed by atoms with Gasteiger partial charge in [0.15, 0.2) is 23.4 Å². The molecular weight excluding hydrogens is 526 g/mol. The summed E-state index contributed by atoms with van der Waals surface area (Å²) in [6, 6.07) is 12.5. The van der Waals surface area contributed by atoms with Gasteiger partial charge in [-0.05, 0) is 48.0 Å². The number of nitrogens with zero attached hydrogens (tertiary/aromatic N) is 1. The van der Waals surface area contributed by atoms with Crippen molar-refractivity contribution in [2.45, 2.75) is 18.3 Å². The lowest BCUT2D eigenvalue weighted by Gasteiger charge is -2.35. The van der Waals surface area contributed by atoms with Gasteiger partial charge in [-0.3, -0.25) is 9.69 Å². The fourth-order valence-corrected chi connectivity index (χ4v) is 4.12. The zero-order valence-corrected chi connectivity index (χ0v) is 19.7. The van der Waals surface area contributed by atoms with Crippen LogP contribution < -0.4 is 14.2 Å². The Labute approximate surface area is 217 Å². The van der Waals surface area contributed by atoms with Crippen molar-refractivity contribution in [1.82, 2.24) is 4.90 Å². The Morgan fingerprint density at radius 1 is 0.949 bits per heavy atom. The Morgan fingerprint density at radius 2 is 1.69 bits per heavy atom. The lowest BCUT2D eigenvalue weighted by molar-refractivity contribution is -0.138. The summed E-state index contributed by atoms with van der Waals surface area (Å²) in [5, 5.41) is 0. The topological polar surface area (TPSA) is 91.4 Å². The number of amides is 1. The van der Waals surface area contributed by atoms with E-state index in [0.29, 0.717) is 17.9 Å². The molecule has 0 spiro atoms. The highest BCUT2D eigenvalue weighted by atomic mass is 19.4. The smallest absolute Gasteiger partial charge is 0.420 e. The molecule has 2 heterocycles. The maximum Gasteiger partial charge on any atom is 0.420 e. The van der Waals surface area contributed by atoms with Crippen LogP contribution in [0.2, 0.25) is 0 Å². The van der Waals surface area contributed by atoms with E-state index >= 15 is 0 Å². The van der Waals surface area contributed by atoms with E-state index in [4.69, 9.17) is 18.9 Å². The summed E-state index contributed by atoms with van der Waals surface area (Å²) in [4.78, 5) is 40.1. The first kappa shape index (κ1) is 25.8. The number of fused-ring (bicyclic) bond motifs is 1. The average molecular weight is 543 g/mol. The van der Waals surface area contributed by atoms with Crippen molar-refractivity contribution < 1.29 is 50.9 Å². The summed E-state index contributed by atoms with van der Waals surface area (Å²) in [5.41, 5.74) is -2.35. The van der Waals surface area contributed by atoms with Crippen LogP contribution in [0, 0.1) is 5.82 Å². The highest BCUT2D eigenvalue weighted by Gasteiger charge is 2.43. The van der Waals surface area contributed by atoms with Crippen molar-refractivity contribution in [3.63, 3.8) is 0 Å². The molecule has 39 heavy (non-hydrogen) atoms. The van der Waals surface area contributed by atoms with Crippen molar-refractivity contribution in [2.24, 2.45) is 0 Å². The zero-order valence-electron chi connectivity index (χ0n) is 19.7. The minimum Gasteiger partial charge on any atom is -0.454 e. The average Bonchev–Trinajstić information content (AvgIpc) is 3.37. The largest absolute Gasteiger partial charge is 0.454 e. The molecule has 0 unspecified atom stereocenters. The first-order valence-corrected chi connectivity index (χ1v) is 11.4. The zero-order chi connectivity index (χ0) is 27.7. The Balaban J connectivity index is 1.53. The molecular formula is C27H17F4NO7. The highest BCUT2D eigenvalue weighted by molar-refractivity contribution is 6.00. The van der Waals surface area contributed by atoms with E-state index in [1.807, 2.05) is 0 Å². The Hall–Kier alpha value is -4.87. The number of rotatable bonds is 4. The number of hydrogen-bond donors (Lipinski definition) is 0. The molecule has 0 aromatic heterocycles. The number of hydrogen-bond acceptors (Lipinski definition) is 7. The van der Waals surface area contributed by atoms with Gasteiger partial charge in [0.1, 0.15) is 17.6 Å². The fraction of sp³-hybridized carbons (Fsp3) is 0.148. The number of carbonyl (C=O) groups excluding carboxylic acids is 3. The molecule has 12 heteroatoms. The van der Waals surface area contributed by atoms with Crippen LogP contribution in [0.1, 0.15) is 27.5 Å². The summed E-state index contributed by atoms with van der Waals surface area (Å²) in [6.45, 7) is -0.0781. The number of ether oxygens (including phenoxy) is 4. The third-order valence-corrected chi connectivity index (χ3v) is 5.90. The van der Waals surface area contributed by atoms with Gasteiger partial charge in [0.25, 0.3) is 0 Å². The van der Waals surface area contributed by atoms with Crippen molar-refractivity contribution >= 4 is 17.8 Å². The number of benzene rings is 3. The maximum absolute atomic E-state index is 13.6. The second-order valence-corrected chi connectivity index (χ2v) is 8.38. The molecule has 2 aliphatic rings. The fourth-order valence-electron chi connectivity index (χ4n) is 4.12. The van der Waals surface area contributed by atoms with E-state index in [0.717, 1.165) is 17.2 Å². The van der Waals surface area contributed by atoms with Gasteiger partial charge >= 0.3 is 18.2 Å². The summed E-state index contributed by atoms with van der Waals surface area (Å²) in [6.07, 6.45) is -5.80. The number of halogens is 4. The molecule has 0 bridgehead atoms. The number of alkyl halides is 3. The van der Waals surface area contributed by atoms with Crippen molar-refractivity contribution in [3.8, 4) is 17.2 Å². The molecule has 2 aliphatic heterocycles. The van der Waals surface area contributed by atoms with Crippen LogP contribution in [0.25, 0.3) is 0 Å². The van der Waals surface area contributed by atoms with Crippen LogP contribution in [0.5, 0.6) is 17.2 Å². The van der Waals surface area contributed by atoms with Crippen LogP contribution in [0.3, 0.4) is 0 Å². The molecule has 5 rings (SSSR count). The Morgan fingerprint density at radius 3 is 2.44 bits per heavy atom. The van der Waals surface area contributed by atoms with Crippen LogP contribution >= 0.6 is 0 Å². The number of para-hydroxylation sites is 1. The van der Waals surface area contributed by atoms with Crippen LogP contribution in [0.4, 0.5) is 22.4 Å². The van der Waals surface area contributed by atoms with Crippen LogP contribution in [0.15, 0.2) is 79.0 Å². The molecule has 8 nitrogen and oxygen atoms in total. The molecule has 3 aromatic rings. The molecule has 0 N–H and O–H groups in total. The van der Waals surface area contributed by atoms with E-state index in [2.05, 4.69) is 0 Å². The van der Waals surface area contributed by atoms with Gasteiger partial charge in [0.05, 0.1) is 11.1 Å². The van der Waals surface area contributed by atoms with E-state index in [1.165, 1.54) is 30.3 Å². The lowest BCUT2D eigenvalue weighted by atomic mass is 9.94. The van der Waals surface area contributed by atoms with Gasteiger partial charge in [0, 0.05) is 12.3 Å². The molecule has 0 aliphatic carbocycles. The van der Waals surface area contributed by atoms with Crippen molar-refractivity contribution in [3.05, 3.63) is 102 Å². The first-order chi connectivity index (χ1) is 18.6. The van der Waals surface area contributed by atoms with Gasteiger partial charge in [-0.2, -0.15) is 13.2 Å². The summed E-state index contributed by atoms with van der Waals surface area (Å²) in [7, 11) is 0. The van der Waals surface area contributed by atoms with Gasteiger partial charge in [-0.1, -0.05) is 24.3 Å². The SMILES string of the molecule is O=C(O[C@H]1C(=O)C=CN(C(=O)Oc2ccccc2)[C@@H]1c1ccc2c(c1)OCO2)c1ccc(F)cc1C(F)(F)F. The first-order valence-electron chi connectivity index (χ1n) is 11.4. The van der Waals surface area contributed by atoms with E-state index < -0.39 is 53.1 Å². The van der Waals surface area contributed by atoms with Gasteiger partial charge in [0.2, 0.25) is 6.79 Å². The maximum atomic E-state index is 13.6. The monoisotopic (exact) mass is 543 g/mol. The van der Waals surface area contributed by atoms with E-state index in [9.17, 15) is 31.9 Å². The third-order valence-electron chi connectivity index (χ3n) is 5.90. The molecule has 0 saturated carbocycles. The van der Waals surface area contributed by atoms with Gasteiger partial charge < -0.3 is 18.9 Å². The normalized spacial score (nSPS) is 18.2. The van der Waals surface area contributed by atoms with Gasteiger partial charge in [-0.15, -0.1) is 0 Å². The summed E-state index contributed by atoms with van der Waals surface area (Å²) in [5.74, 6) is -2.75. The molecule has 0 fully saturated rings. The molecule has 1 amide bonds. The molecule has 200 valence electrons. The molecule has 2 atom stereocenters. The minimum absolute atomic E-state index is 0.0781. The lowest BCUT2D eigenvalue weighted by Crippen LogP contribution is -2.47. The second kappa shape index (κ2) is 10.1. The Bertz CT molecular complexity index is 1470. The van der Waals surface area contributed by atoms with Crippen LogP contribution in [-0.4, -0.2) is 35.6 Å². The van der Waals surface area contributed by atoms with Gasteiger partial charge in [-0.25, -0.2) is 14.0 Å². The summed E-state index contributed by atoms with van der Waals surface area (Å²) >= 11 is 0. The Kier molecular flexibility index (Phi) is 6.69.